The van der Waals surface area contributed by atoms with E-state index in [4.69, 9.17) is 5.73 Å². The van der Waals surface area contributed by atoms with Crippen molar-refractivity contribution in [2.45, 2.75) is 38.1 Å². The molecule has 1 atom stereocenters. The first-order valence-electron chi connectivity index (χ1n) is 7.99. The van der Waals surface area contributed by atoms with E-state index in [1.54, 1.807) is 6.20 Å². The number of rotatable bonds is 5. The molecule has 2 fully saturated rings. The van der Waals surface area contributed by atoms with Crippen LogP contribution in [-0.4, -0.2) is 36.6 Å². The number of nitrogens with zero attached hydrogens (tertiary/aromatic N) is 2. The van der Waals surface area contributed by atoms with Gasteiger partial charge in [0.1, 0.15) is 5.82 Å². The van der Waals surface area contributed by atoms with E-state index in [1.807, 2.05) is 12.1 Å². The van der Waals surface area contributed by atoms with E-state index in [-0.39, 0.29) is 11.9 Å². The summed E-state index contributed by atoms with van der Waals surface area (Å²) in [6.07, 6.45) is 7.76. The fraction of sp³-hybridized carbons (Fsp3) is 0.625. The molecule has 1 aromatic rings. The molecule has 21 heavy (non-hydrogen) atoms. The number of aromatic nitrogens is 1. The third kappa shape index (κ3) is 3.53. The number of anilines is 1. The molecule has 1 aliphatic carbocycles. The van der Waals surface area contributed by atoms with Crippen LogP contribution in [0.25, 0.3) is 0 Å². The third-order valence-electron chi connectivity index (χ3n) is 4.41. The minimum absolute atomic E-state index is 0.0558. The topological polar surface area (TPSA) is 71.2 Å². The molecule has 2 aliphatic rings. The molecule has 0 bridgehead atoms. The zero-order valence-corrected chi connectivity index (χ0v) is 12.4. The van der Waals surface area contributed by atoms with E-state index in [2.05, 4.69) is 15.2 Å². The third-order valence-corrected chi connectivity index (χ3v) is 4.41. The Morgan fingerprint density at radius 3 is 2.86 bits per heavy atom. The number of nitrogens with one attached hydrogen (secondary N) is 1. The van der Waals surface area contributed by atoms with Crippen LogP contribution in [-0.2, 0) is 0 Å². The number of carbonyl (C=O) groups excluding carboxylic acids is 1. The number of hydrogen-bond acceptors (Lipinski definition) is 4. The molecule has 1 unspecified atom stereocenters. The smallest absolute Gasteiger partial charge is 0.255 e. The van der Waals surface area contributed by atoms with E-state index in [0.29, 0.717) is 18.0 Å². The van der Waals surface area contributed by atoms with Crippen LogP contribution in [0.15, 0.2) is 18.3 Å². The molecule has 1 aliphatic heterocycles. The first-order chi connectivity index (χ1) is 10.3. The van der Waals surface area contributed by atoms with E-state index < -0.39 is 0 Å². The Morgan fingerprint density at radius 2 is 2.14 bits per heavy atom. The monoisotopic (exact) mass is 288 g/mol. The standard InChI is InChI=1S/C16H24N4O/c17-14(12-6-7-12)11-19-16(21)13-5-4-8-18-15(13)20-9-2-1-3-10-20/h4-5,8,12,14H,1-3,6-7,9-11,17H2,(H,19,21). The van der Waals surface area contributed by atoms with Gasteiger partial charge >= 0.3 is 0 Å². The van der Waals surface area contributed by atoms with Crippen molar-refractivity contribution < 1.29 is 4.79 Å². The van der Waals surface area contributed by atoms with Crippen molar-refractivity contribution in [2.75, 3.05) is 24.5 Å². The number of nitrogens with two attached hydrogens (primary N) is 1. The zero-order valence-electron chi connectivity index (χ0n) is 12.4. The Balaban J connectivity index is 1.66. The minimum atomic E-state index is -0.0558. The Hall–Kier alpha value is -1.62. The maximum absolute atomic E-state index is 12.4. The van der Waals surface area contributed by atoms with Gasteiger partial charge in [0.25, 0.3) is 5.91 Å². The lowest BCUT2D eigenvalue weighted by Gasteiger charge is -2.29. The lowest BCUT2D eigenvalue weighted by Crippen LogP contribution is -2.39. The highest BCUT2D eigenvalue weighted by atomic mass is 16.1. The molecule has 0 aromatic carbocycles. The Kier molecular flexibility index (Phi) is 4.39. The van der Waals surface area contributed by atoms with Gasteiger partial charge in [-0.25, -0.2) is 4.98 Å². The van der Waals surface area contributed by atoms with Crippen LogP contribution in [0.1, 0.15) is 42.5 Å². The lowest BCUT2D eigenvalue weighted by molar-refractivity contribution is 0.0950. The van der Waals surface area contributed by atoms with Gasteiger partial charge in [0, 0.05) is 31.9 Å². The number of pyridine rings is 1. The van der Waals surface area contributed by atoms with E-state index in [0.717, 1.165) is 18.9 Å². The first-order valence-corrected chi connectivity index (χ1v) is 7.99. The summed E-state index contributed by atoms with van der Waals surface area (Å²) in [5.74, 6) is 1.36. The van der Waals surface area contributed by atoms with E-state index >= 15 is 0 Å². The van der Waals surface area contributed by atoms with Gasteiger partial charge in [0.15, 0.2) is 0 Å². The van der Waals surface area contributed by atoms with Gasteiger partial charge in [0.05, 0.1) is 5.56 Å². The van der Waals surface area contributed by atoms with Crippen molar-refractivity contribution in [1.29, 1.82) is 0 Å². The minimum Gasteiger partial charge on any atom is -0.356 e. The molecular weight excluding hydrogens is 264 g/mol. The summed E-state index contributed by atoms with van der Waals surface area (Å²) in [4.78, 5) is 19.1. The summed E-state index contributed by atoms with van der Waals surface area (Å²) in [5, 5.41) is 2.97. The molecule has 0 radical (unpaired) electrons. The first kappa shape index (κ1) is 14.3. The fourth-order valence-corrected chi connectivity index (χ4v) is 2.93. The summed E-state index contributed by atoms with van der Waals surface area (Å²) in [6.45, 7) is 2.52. The maximum Gasteiger partial charge on any atom is 0.255 e. The maximum atomic E-state index is 12.4. The summed E-state index contributed by atoms with van der Waals surface area (Å²) in [6, 6.07) is 3.77. The average Bonchev–Trinajstić information content (AvgIpc) is 3.38. The molecule has 3 rings (SSSR count). The van der Waals surface area contributed by atoms with Crippen molar-refractivity contribution in [1.82, 2.24) is 10.3 Å². The summed E-state index contributed by atoms with van der Waals surface area (Å²) < 4.78 is 0. The Labute approximate surface area is 125 Å². The molecule has 114 valence electrons. The highest BCUT2D eigenvalue weighted by Gasteiger charge is 2.29. The SMILES string of the molecule is NC(CNC(=O)c1cccnc1N1CCCCC1)C1CC1. The summed E-state index contributed by atoms with van der Waals surface area (Å²) in [7, 11) is 0. The fourth-order valence-electron chi connectivity index (χ4n) is 2.93. The molecule has 2 heterocycles. The van der Waals surface area contributed by atoms with Crippen molar-refractivity contribution in [3.63, 3.8) is 0 Å². The van der Waals surface area contributed by atoms with Crippen LogP contribution in [0, 0.1) is 5.92 Å². The van der Waals surface area contributed by atoms with E-state index in [1.165, 1.54) is 32.1 Å². The number of amides is 1. The Morgan fingerprint density at radius 1 is 1.38 bits per heavy atom. The van der Waals surface area contributed by atoms with Gasteiger partial charge in [-0.05, 0) is 50.2 Å². The summed E-state index contributed by atoms with van der Waals surface area (Å²) in [5.41, 5.74) is 6.71. The van der Waals surface area contributed by atoms with Crippen LogP contribution in [0.3, 0.4) is 0 Å². The van der Waals surface area contributed by atoms with Crippen LogP contribution in [0.2, 0.25) is 0 Å². The predicted molar refractivity (Wildman–Crippen MR) is 83.3 cm³/mol. The molecule has 5 heteroatoms. The van der Waals surface area contributed by atoms with Gasteiger partial charge in [-0.15, -0.1) is 0 Å². The molecule has 3 N–H and O–H groups in total. The summed E-state index contributed by atoms with van der Waals surface area (Å²) >= 11 is 0. The zero-order chi connectivity index (χ0) is 14.7. The van der Waals surface area contributed by atoms with E-state index in [9.17, 15) is 4.79 Å². The van der Waals surface area contributed by atoms with Gasteiger partial charge in [-0.3, -0.25) is 4.79 Å². The quantitative estimate of drug-likeness (QED) is 0.862. The van der Waals surface area contributed by atoms with Crippen LogP contribution in [0.4, 0.5) is 5.82 Å². The van der Waals surface area contributed by atoms with Gasteiger partial charge < -0.3 is 16.0 Å². The van der Waals surface area contributed by atoms with Crippen molar-refractivity contribution in [3.05, 3.63) is 23.9 Å². The predicted octanol–water partition coefficient (Wildman–Crippen LogP) is 1.54. The van der Waals surface area contributed by atoms with Crippen LogP contribution >= 0.6 is 0 Å². The number of hydrogen-bond donors (Lipinski definition) is 2. The molecule has 1 saturated carbocycles. The largest absolute Gasteiger partial charge is 0.356 e. The molecular formula is C16H24N4O. The second-order valence-electron chi connectivity index (χ2n) is 6.13. The highest BCUT2D eigenvalue weighted by molar-refractivity contribution is 5.98. The lowest BCUT2D eigenvalue weighted by atomic mass is 10.1. The molecule has 0 spiro atoms. The molecule has 5 nitrogen and oxygen atoms in total. The number of piperidine rings is 1. The van der Waals surface area contributed by atoms with Gasteiger partial charge in [-0.1, -0.05) is 0 Å². The van der Waals surface area contributed by atoms with Crippen molar-refractivity contribution in [2.24, 2.45) is 11.7 Å². The normalized spacial score (nSPS) is 20.1. The highest BCUT2D eigenvalue weighted by Crippen LogP contribution is 2.31. The average molecular weight is 288 g/mol. The molecule has 1 aromatic heterocycles. The van der Waals surface area contributed by atoms with Gasteiger partial charge in [-0.2, -0.15) is 0 Å². The molecule has 1 amide bonds. The van der Waals surface area contributed by atoms with Gasteiger partial charge in [0.2, 0.25) is 0 Å². The second-order valence-corrected chi connectivity index (χ2v) is 6.13. The Bertz CT molecular complexity index is 495. The second kappa shape index (κ2) is 6.43. The number of carbonyl (C=O) groups is 1. The van der Waals surface area contributed by atoms with Crippen molar-refractivity contribution >= 4 is 11.7 Å². The van der Waals surface area contributed by atoms with Crippen LogP contribution < -0.4 is 16.0 Å². The van der Waals surface area contributed by atoms with Crippen LogP contribution in [0.5, 0.6) is 0 Å². The van der Waals surface area contributed by atoms with Crippen molar-refractivity contribution in [3.8, 4) is 0 Å². The molecule has 1 saturated heterocycles.